The lowest BCUT2D eigenvalue weighted by molar-refractivity contribution is -0.130. The van der Waals surface area contributed by atoms with Crippen LogP contribution >= 0.6 is 11.8 Å². The Morgan fingerprint density at radius 1 is 1.40 bits per heavy atom. The molecular weight excluding hydrogens is 270 g/mol. The van der Waals surface area contributed by atoms with E-state index in [0.717, 1.165) is 24.8 Å². The van der Waals surface area contributed by atoms with Crippen LogP contribution in [0.4, 0.5) is 0 Å². The Morgan fingerprint density at radius 3 is 2.55 bits per heavy atom. The molecule has 1 aromatic carbocycles. The Kier molecular flexibility index (Phi) is 4.76. The van der Waals surface area contributed by atoms with Gasteiger partial charge in [-0.1, -0.05) is 36.8 Å². The molecule has 1 amide bonds. The summed E-state index contributed by atoms with van der Waals surface area (Å²) in [6, 6.07) is 9.98. The van der Waals surface area contributed by atoms with Crippen LogP contribution in [-0.2, 0) is 10.2 Å². The van der Waals surface area contributed by atoms with Crippen LogP contribution in [0.15, 0.2) is 30.3 Å². The summed E-state index contributed by atoms with van der Waals surface area (Å²) in [5.74, 6) is 0.669. The van der Waals surface area contributed by atoms with E-state index < -0.39 is 5.60 Å². The summed E-state index contributed by atoms with van der Waals surface area (Å²) >= 11 is 1.58. The number of hydrogen-bond donors (Lipinski definition) is 2. The number of amides is 1. The van der Waals surface area contributed by atoms with Gasteiger partial charge in [0.1, 0.15) is 0 Å². The van der Waals surface area contributed by atoms with Crippen molar-refractivity contribution in [3.05, 3.63) is 35.9 Å². The van der Waals surface area contributed by atoms with Crippen molar-refractivity contribution in [1.29, 1.82) is 0 Å². The van der Waals surface area contributed by atoms with Crippen molar-refractivity contribution in [2.75, 3.05) is 18.6 Å². The monoisotopic (exact) mass is 293 g/mol. The molecule has 0 aliphatic heterocycles. The predicted octanol–water partition coefficient (Wildman–Crippen LogP) is 2.34. The molecule has 0 radical (unpaired) electrons. The molecule has 0 spiro atoms. The summed E-state index contributed by atoms with van der Waals surface area (Å²) in [6.45, 7) is 2.07. The van der Waals surface area contributed by atoms with E-state index in [2.05, 4.69) is 5.32 Å². The quantitative estimate of drug-likeness (QED) is 0.846. The Morgan fingerprint density at radius 2 is 2.05 bits per heavy atom. The van der Waals surface area contributed by atoms with Crippen LogP contribution in [0.1, 0.15) is 31.7 Å². The molecule has 1 atom stereocenters. The van der Waals surface area contributed by atoms with E-state index in [1.165, 1.54) is 0 Å². The van der Waals surface area contributed by atoms with Crippen LogP contribution in [0.5, 0.6) is 0 Å². The fraction of sp³-hybridized carbons (Fsp3) is 0.562. The number of rotatable bonds is 6. The van der Waals surface area contributed by atoms with E-state index in [4.69, 9.17) is 0 Å². The molecule has 20 heavy (non-hydrogen) atoms. The molecule has 0 unspecified atom stereocenters. The zero-order valence-electron chi connectivity index (χ0n) is 12.2. The summed E-state index contributed by atoms with van der Waals surface area (Å²) in [5, 5.41) is 13.1. The van der Waals surface area contributed by atoms with Crippen LogP contribution in [0.2, 0.25) is 0 Å². The number of carbonyl (C=O) groups is 1. The molecule has 1 fully saturated rings. The largest absolute Gasteiger partial charge is 0.387 e. The van der Waals surface area contributed by atoms with Gasteiger partial charge in [-0.15, -0.1) is 0 Å². The van der Waals surface area contributed by atoms with Gasteiger partial charge >= 0.3 is 0 Å². The standard InChI is InChI=1S/C16H23NO2S/c1-15(19,12-20-2)11-17-14(18)16(9-6-10-16)13-7-4-3-5-8-13/h3-5,7-8,19H,6,9-12H2,1-2H3,(H,17,18)/t15-/m0/s1. The third-order valence-electron chi connectivity index (χ3n) is 4.05. The topological polar surface area (TPSA) is 49.3 Å². The molecule has 0 aromatic heterocycles. The Labute approximate surface area is 125 Å². The maximum absolute atomic E-state index is 12.6. The Balaban J connectivity index is 2.04. The van der Waals surface area contributed by atoms with E-state index in [1.54, 1.807) is 18.7 Å². The van der Waals surface area contributed by atoms with Gasteiger partial charge in [0.25, 0.3) is 0 Å². The maximum atomic E-state index is 12.6. The van der Waals surface area contributed by atoms with E-state index >= 15 is 0 Å². The normalized spacial score (nSPS) is 19.8. The van der Waals surface area contributed by atoms with E-state index in [1.807, 2.05) is 36.6 Å². The highest BCUT2D eigenvalue weighted by atomic mass is 32.2. The van der Waals surface area contributed by atoms with Crippen LogP contribution in [0.25, 0.3) is 0 Å². The molecule has 1 aliphatic rings. The molecule has 0 heterocycles. The van der Waals surface area contributed by atoms with Gasteiger partial charge in [0.05, 0.1) is 11.0 Å². The lowest BCUT2D eigenvalue weighted by Crippen LogP contribution is -2.53. The molecule has 1 saturated carbocycles. The SMILES string of the molecule is CSC[C@@](C)(O)CNC(=O)C1(c2ccccc2)CCC1. The number of hydrogen-bond acceptors (Lipinski definition) is 3. The molecule has 110 valence electrons. The van der Waals surface area contributed by atoms with E-state index in [9.17, 15) is 9.90 Å². The fourth-order valence-corrected chi connectivity index (χ4v) is 3.46. The lowest BCUT2D eigenvalue weighted by Gasteiger charge is -2.41. The zero-order valence-corrected chi connectivity index (χ0v) is 13.0. The summed E-state index contributed by atoms with van der Waals surface area (Å²) in [6.07, 6.45) is 4.83. The predicted molar refractivity (Wildman–Crippen MR) is 84.0 cm³/mol. The molecule has 4 heteroatoms. The smallest absolute Gasteiger partial charge is 0.230 e. The van der Waals surface area contributed by atoms with Gasteiger partial charge < -0.3 is 10.4 Å². The first-order valence-electron chi connectivity index (χ1n) is 7.05. The third-order valence-corrected chi connectivity index (χ3v) is 4.96. The lowest BCUT2D eigenvalue weighted by atomic mass is 9.64. The van der Waals surface area contributed by atoms with Crippen molar-refractivity contribution in [3.63, 3.8) is 0 Å². The first kappa shape index (κ1) is 15.4. The molecule has 0 saturated heterocycles. The second-order valence-corrected chi connectivity index (χ2v) is 6.78. The average Bonchev–Trinajstić information content (AvgIpc) is 2.36. The maximum Gasteiger partial charge on any atom is 0.230 e. The van der Waals surface area contributed by atoms with Gasteiger partial charge in [0, 0.05) is 12.3 Å². The fourth-order valence-electron chi connectivity index (χ4n) is 2.74. The van der Waals surface area contributed by atoms with Gasteiger partial charge in [0.15, 0.2) is 0 Å². The van der Waals surface area contributed by atoms with Crippen molar-refractivity contribution >= 4 is 17.7 Å². The highest BCUT2D eigenvalue weighted by Crippen LogP contribution is 2.43. The molecule has 1 aliphatic carbocycles. The molecular formula is C16H23NO2S. The number of thioether (sulfide) groups is 1. The molecule has 3 nitrogen and oxygen atoms in total. The first-order valence-corrected chi connectivity index (χ1v) is 8.45. The van der Waals surface area contributed by atoms with Gasteiger partial charge in [-0.05, 0) is 31.6 Å². The first-order chi connectivity index (χ1) is 9.50. The molecule has 1 aromatic rings. The third kappa shape index (κ3) is 3.18. The van der Waals surface area contributed by atoms with Crippen LogP contribution in [0.3, 0.4) is 0 Å². The minimum Gasteiger partial charge on any atom is -0.387 e. The summed E-state index contributed by atoms with van der Waals surface area (Å²) in [5.41, 5.74) is -0.138. The average molecular weight is 293 g/mol. The van der Waals surface area contributed by atoms with Crippen molar-refractivity contribution in [2.45, 2.75) is 37.2 Å². The summed E-state index contributed by atoms with van der Waals surface area (Å²) in [4.78, 5) is 12.6. The number of aliphatic hydroxyl groups is 1. The summed E-state index contributed by atoms with van der Waals surface area (Å²) in [7, 11) is 0. The van der Waals surface area contributed by atoms with E-state index in [0.29, 0.717) is 12.3 Å². The molecule has 0 bridgehead atoms. The highest BCUT2D eigenvalue weighted by Gasteiger charge is 2.45. The highest BCUT2D eigenvalue weighted by molar-refractivity contribution is 7.98. The zero-order chi connectivity index (χ0) is 14.6. The Bertz CT molecular complexity index is 455. The molecule has 2 N–H and O–H groups in total. The van der Waals surface area contributed by atoms with Crippen LogP contribution in [0, 0.1) is 0 Å². The van der Waals surface area contributed by atoms with E-state index in [-0.39, 0.29) is 11.3 Å². The van der Waals surface area contributed by atoms with Crippen LogP contribution < -0.4 is 5.32 Å². The van der Waals surface area contributed by atoms with Crippen molar-refractivity contribution in [3.8, 4) is 0 Å². The minimum absolute atomic E-state index is 0.0522. The van der Waals surface area contributed by atoms with Crippen molar-refractivity contribution in [2.24, 2.45) is 0 Å². The number of nitrogens with one attached hydrogen (secondary N) is 1. The van der Waals surface area contributed by atoms with Crippen molar-refractivity contribution in [1.82, 2.24) is 5.32 Å². The van der Waals surface area contributed by atoms with Crippen LogP contribution in [-0.4, -0.2) is 35.2 Å². The number of benzene rings is 1. The van der Waals surface area contributed by atoms with Gasteiger partial charge in [-0.2, -0.15) is 11.8 Å². The molecule has 2 rings (SSSR count). The van der Waals surface area contributed by atoms with Gasteiger partial charge in [0.2, 0.25) is 5.91 Å². The number of carbonyl (C=O) groups excluding carboxylic acids is 1. The van der Waals surface area contributed by atoms with Gasteiger partial charge in [-0.25, -0.2) is 0 Å². The van der Waals surface area contributed by atoms with Gasteiger partial charge in [-0.3, -0.25) is 4.79 Å². The Hall–Kier alpha value is -1.00. The van der Waals surface area contributed by atoms with Crippen molar-refractivity contribution < 1.29 is 9.90 Å². The second kappa shape index (κ2) is 6.19. The minimum atomic E-state index is -0.850. The summed E-state index contributed by atoms with van der Waals surface area (Å²) < 4.78 is 0. The second-order valence-electron chi connectivity index (χ2n) is 5.91.